The van der Waals surface area contributed by atoms with Crippen LogP contribution in [0.1, 0.15) is 67.1 Å². The van der Waals surface area contributed by atoms with Crippen LogP contribution in [0.3, 0.4) is 0 Å². The third kappa shape index (κ3) is 4.40. The lowest BCUT2D eigenvalue weighted by molar-refractivity contribution is 0.102. The van der Waals surface area contributed by atoms with Crippen molar-refractivity contribution < 1.29 is 9.18 Å². The van der Waals surface area contributed by atoms with Crippen molar-refractivity contribution in [1.82, 2.24) is 4.98 Å². The lowest BCUT2D eigenvalue weighted by Gasteiger charge is -2.17. The summed E-state index contributed by atoms with van der Waals surface area (Å²) < 4.78 is 14.2. The first-order chi connectivity index (χ1) is 11.6. The van der Waals surface area contributed by atoms with E-state index in [1.807, 2.05) is 13.0 Å². The Morgan fingerprint density at radius 1 is 1.29 bits per heavy atom. The highest BCUT2D eigenvalue weighted by atomic mass is 19.1. The molecule has 0 radical (unpaired) electrons. The van der Waals surface area contributed by atoms with E-state index < -0.39 is 0 Å². The second kappa shape index (κ2) is 8.57. The molecule has 1 N–H and O–H groups in total. The lowest BCUT2D eigenvalue weighted by atomic mass is 9.90. The Kier molecular flexibility index (Phi) is 6.47. The van der Waals surface area contributed by atoms with Gasteiger partial charge in [0.1, 0.15) is 11.5 Å². The van der Waals surface area contributed by atoms with Gasteiger partial charge in [-0.25, -0.2) is 4.39 Å². The maximum absolute atomic E-state index is 14.2. The van der Waals surface area contributed by atoms with Crippen LogP contribution in [0, 0.1) is 12.7 Å². The van der Waals surface area contributed by atoms with Gasteiger partial charge >= 0.3 is 0 Å². The number of nitrogens with one attached hydrogen (secondary N) is 1. The zero-order valence-corrected chi connectivity index (χ0v) is 14.6. The summed E-state index contributed by atoms with van der Waals surface area (Å²) in [5.41, 5.74) is 2.49. The Bertz CT molecular complexity index is 700. The fourth-order valence-electron chi connectivity index (χ4n) is 2.88. The molecular weight excluding hydrogens is 303 g/mol. The molecular formula is C20H25FN2O. The van der Waals surface area contributed by atoms with Crippen molar-refractivity contribution in [2.45, 2.75) is 52.4 Å². The fraction of sp³-hybridized carbons (Fsp3) is 0.400. The molecule has 1 aromatic carbocycles. The number of hydrogen-bond donors (Lipinski definition) is 1. The standard InChI is InChI=1S/C20H25FN2O/c1-4-6-9-15(5-2)17-13-16(10-11-18(17)21)23-20(24)19-14(3)8-7-12-22-19/h7-8,10-13,15H,4-6,9H2,1-3H3,(H,23,24). The van der Waals surface area contributed by atoms with Crippen molar-refractivity contribution in [3.05, 3.63) is 59.2 Å². The minimum Gasteiger partial charge on any atom is -0.321 e. The van der Waals surface area contributed by atoms with E-state index in [0.717, 1.165) is 31.2 Å². The summed E-state index contributed by atoms with van der Waals surface area (Å²) in [7, 11) is 0. The van der Waals surface area contributed by atoms with Crippen molar-refractivity contribution in [3.8, 4) is 0 Å². The molecule has 1 unspecified atom stereocenters. The first-order valence-electron chi connectivity index (χ1n) is 8.59. The highest BCUT2D eigenvalue weighted by Crippen LogP contribution is 2.30. The molecule has 0 aliphatic carbocycles. The molecule has 24 heavy (non-hydrogen) atoms. The molecule has 0 fully saturated rings. The van der Waals surface area contributed by atoms with Crippen LogP contribution in [0.5, 0.6) is 0 Å². The SMILES string of the molecule is CCCCC(CC)c1cc(NC(=O)c2ncccc2C)ccc1F. The van der Waals surface area contributed by atoms with Crippen molar-refractivity contribution in [1.29, 1.82) is 0 Å². The number of carbonyl (C=O) groups is 1. The molecule has 0 aliphatic rings. The van der Waals surface area contributed by atoms with Gasteiger partial charge in [-0.2, -0.15) is 0 Å². The molecule has 4 heteroatoms. The van der Waals surface area contributed by atoms with Gasteiger partial charge in [0.15, 0.2) is 0 Å². The molecule has 0 bridgehead atoms. The summed E-state index contributed by atoms with van der Waals surface area (Å²) in [5.74, 6) is -0.296. The number of amides is 1. The number of aryl methyl sites for hydroxylation is 1. The van der Waals surface area contributed by atoms with Gasteiger partial charge in [0, 0.05) is 11.9 Å². The van der Waals surface area contributed by atoms with Crippen molar-refractivity contribution in [3.63, 3.8) is 0 Å². The number of nitrogens with zero attached hydrogens (tertiary/aromatic N) is 1. The smallest absolute Gasteiger partial charge is 0.274 e. The molecule has 0 saturated heterocycles. The first-order valence-corrected chi connectivity index (χ1v) is 8.59. The van der Waals surface area contributed by atoms with Crippen LogP contribution >= 0.6 is 0 Å². The molecule has 128 valence electrons. The Hall–Kier alpha value is -2.23. The largest absolute Gasteiger partial charge is 0.321 e. The number of carbonyl (C=O) groups excluding carboxylic acids is 1. The molecule has 1 atom stereocenters. The van der Waals surface area contributed by atoms with Gasteiger partial charge in [0.05, 0.1) is 0 Å². The van der Waals surface area contributed by atoms with E-state index in [0.29, 0.717) is 16.9 Å². The van der Waals surface area contributed by atoms with Gasteiger partial charge < -0.3 is 5.32 Å². The average Bonchev–Trinajstić information content (AvgIpc) is 2.58. The Morgan fingerprint density at radius 2 is 2.08 bits per heavy atom. The lowest BCUT2D eigenvalue weighted by Crippen LogP contribution is -2.15. The zero-order chi connectivity index (χ0) is 17.5. The van der Waals surface area contributed by atoms with Gasteiger partial charge in [-0.1, -0.05) is 32.8 Å². The van der Waals surface area contributed by atoms with Gasteiger partial charge in [0.25, 0.3) is 5.91 Å². The van der Waals surface area contributed by atoms with Crippen LogP contribution in [0.4, 0.5) is 10.1 Å². The topological polar surface area (TPSA) is 42.0 Å². The summed E-state index contributed by atoms with van der Waals surface area (Å²) in [5, 5.41) is 2.83. The minimum atomic E-state index is -0.271. The van der Waals surface area contributed by atoms with Crippen LogP contribution in [0.2, 0.25) is 0 Å². The monoisotopic (exact) mass is 328 g/mol. The van der Waals surface area contributed by atoms with E-state index in [-0.39, 0.29) is 17.6 Å². The minimum absolute atomic E-state index is 0.179. The Morgan fingerprint density at radius 3 is 2.75 bits per heavy atom. The van der Waals surface area contributed by atoms with Crippen molar-refractivity contribution >= 4 is 11.6 Å². The van der Waals surface area contributed by atoms with Crippen molar-refractivity contribution in [2.24, 2.45) is 0 Å². The predicted molar refractivity (Wildman–Crippen MR) is 95.9 cm³/mol. The molecule has 0 spiro atoms. The van der Waals surface area contributed by atoms with Gasteiger partial charge in [-0.15, -0.1) is 0 Å². The van der Waals surface area contributed by atoms with Gasteiger partial charge in [-0.05, 0) is 61.1 Å². The molecule has 0 aliphatic heterocycles. The Labute approximate surface area is 143 Å². The summed E-state index contributed by atoms with van der Waals surface area (Å²) in [4.78, 5) is 16.5. The van der Waals surface area contributed by atoms with Crippen LogP contribution in [-0.4, -0.2) is 10.9 Å². The van der Waals surface area contributed by atoms with E-state index in [9.17, 15) is 9.18 Å². The molecule has 0 saturated carbocycles. The fourth-order valence-corrected chi connectivity index (χ4v) is 2.88. The predicted octanol–water partition coefficient (Wildman–Crippen LogP) is 5.47. The number of anilines is 1. The second-order valence-corrected chi connectivity index (χ2v) is 6.11. The van der Waals surface area contributed by atoms with E-state index >= 15 is 0 Å². The average molecular weight is 328 g/mol. The second-order valence-electron chi connectivity index (χ2n) is 6.11. The summed E-state index contributed by atoms with van der Waals surface area (Å²) >= 11 is 0. The number of unbranched alkanes of at least 4 members (excludes halogenated alkanes) is 1. The van der Waals surface area contributed by atoms with E-state index in [1.165, 1.54) is 6.07 Å². The quantitative estimate of drug-likeness (QED) is 0.732. The molecule has 3 nitrogen and oxygen atoms in total. The third-order valence-electron chi connectivity index (χ3n) is 4.32. The highest BCUT2D eigenvalue weighted by Gasteiger charge is 2.16. The van der Waals surface area contributed by atoms with Crippen LogP contribution in [-0.2, 0) is 0 Å². The number of rotatable bonds is 7. The van der Waals surface area contributed by atoms with E-state index in [2.05, 4.69) is 24.1 Å². The van der Waals surface area contributed by atoms with Gasteiger partial charge in [-0.3, -0.25) is 9.78 Å². The van der Waals surface area contributed by atoms with Crippen LogP contribution in [0.25, 0.3) is 0 Å². The molecule has 1 amide bonds. The molecule has 2 aromatic rings. The summed E-state index contributed by atoms with van der Waals surface area (Å²) in [6.07, 6.45) is 5.60. The zero-order valence-electron chi connectivity index (χ0n) is 14.6. The summed E-state index contributed by atoms with van der Waals surface area (Å²) in [6.45, 7) is 6.05. The van der Waals surface area contributed by atoms with Crippen molar-refractivity contribution in [2.75, 3.05) is 5.32 Å². The number of aromatic nitrogens is 1. The first kappa shape index (κ1) is 18.1. The highest BCUT2D eigenvalue weighted by molar-refractivity contribution is 6.03. The van der Waals surface area contributed by atoms with Gasteiger partial charge in [0.2, 0.25) is 0 Å². The van der Waals surface area contributed by atoms with E-state index in [1.54, 1.807) is 24.4 Å². The number of pyridine rings is 1. The summed E-state index contributed by atoms with van der Waals surface area (Å²) in [6, 6.07) is 8.43. The maximum atomic E-state index is 14.2. The van der Waals surface area contributed by atoms with Crippen LogP contribution in [0.15, 0.2) is 36.5 Å². The number of hydrogen-bond acceptors (Lipinski definition) is 2. The number of benzene rings is 1. The van der Waals surface area contributed by atoms with E-state index in [4.69, 9.17) is 0 Å². The third-order valence-corrected chi connectivity index (χ3v) is 4.32. The number of halogens is 1. The molecule has 2 rings (SSSR count). The van der Waals surface area contributed by atoms with Crippen LogP contribution < -0.4 is 5.32 Å². The molecule has 1 aromatic heterocycles. The molecule has 1 heterocycles. The maximum Gasteiger partial charge on any atom is 0.274 e. The Balaban J connectivity index is 2.21. The normalized spacial score (nSPS) is 12.0.